The van der Waals surface area contributed by atoms with Crippen molar-refractivity contribution < 1.29 is 28.5 Å². The van der Waals surface area contributed by atoms with Gasteiger partial charge < -0.3 is 18.9 Å². The van der Waals surface area contributed by atoms with Gasteiger partial charge in [0.2, 0.25) is 0 Å². The topological polar surface area (TPSA) is 71.1 Å². The van der Waals surface area contributed by atoms with Gasteiger partial charge in [0.1, 0.15) is 12.7 Å². The van der Waals surface area contributed by atoms with Crippen molar-refractivity contribution in [1.29, 1.82) is 0 Å². The van der Waals surface area contributed by atoms with Crippen LogP contribution in [0, 0.1) is 11.8 Å². The van der Waals surface area contributed by atoms with E-state index in [1.54, 1.807) is 6.08 Å². The standard InChI is InChI=1S/C17H28O6/c1-7-13-12(8-15(19)20-6)9-16(23-17(3,4)5)22-14(13)10-21-11(2)18/h7,12-14,16H,1,8-10H2,2-6H3/t12-,13-,14-,16-/m1/s1. The number of hydrogen-bond acceptors (Lipinski definition) is 6. The summed E-state index contributed by atoms with van der Waals surface area (Å²) >= 11 is 0. The van der Waals surface area contributed by atoms with Crippen molar-refractivity contribution in [3.8, 4) is 0 Å². The highest BCUT2D eigenvalue weighted by atomic mass is 16.7. The molecular formula is C17H28O6. The van der Waals surface area contributed by atoms with E-state index < -0.39 is 12.4 Å². The lowest BCUT2D eigenvalue weighted by atomic mass is 9.80. The Hall–Kier alpha value is -1.40. The van der Waals surface area contributed by atoms with E-state index in [4.69, 9.17) is 18.9 Å². The van der Waals surface area contributed by atoms with Crippen LogP contribution >= 0.6 is 0 Å². The van der Waals surface area contributed by atoms with E-state index >= 15 is 0 Å². The van der Waals surface area contributed by atoms with Crippen molar-refractivity contribution >= 4 is 11.9 Å². The number of hydrogen-bond donors (Lipinski definition) is 0. The SMILES string of the molecule is C=C[C@@H]1[C@H](CC(=O)OC)C[C@@H](OC(C)(C)C)O[C@@H]1COC(C)=O. The van der Waals surface area contributed by atoms with Gasteiger partial charge in [-0.2, -0.15) is 0 Å². The summed E-state index contributed by atoms with van der Waals surface area (Å²) in [7, 11) is 1.37. The summed E-state index contributed by atoms with van der Waals surface area (Å²) in [5.41, 5.74) is -0.381. The summed E-state index contributed by atoms with van der Waals surface area (Å²) in [6.07, 6.45) is 1.68. The maximum absolute atomic E-state index is 11.7. The van der Waals surface area contributed by atoms with Gasteiger partial charge in [0.05, 0.1) is 12.7 Å². The van der Waals surface area contributed by atoms with Crippen molar-refractivity contribution in [1.82, 2.24) is 0 Å². The molecule has 132 valence electrons. The summed E-state index contributed by atoms with van der Waals surface area (Å²) in [4.78, 5) is 22.8. The van der Waals surface area contributed by atoms with Crippen LogP contribution < -0.4 is 0 Å². The van der Waals surface area contributed by atoms with Gasteiger partial charge in [-0.1, -0.05) is 6.08 Å². The van der Waals surface area contributed by atoms with Crippen molar-refractivity contribution in [2.24, 2.45) is 11.8 Å². The number of carbonyl (C=O) groups is 2. The molecule has 1 heterocycles. The predicted molar refractivity (Wildman–Crippen MR) is 84.6 cm³/mol. The van der Waals surface area contributed by atoms with E-state index in [9.17, 15) is 9.59 Å². The molecule has 0 radical (unpaired) electrons. The van der Waals surface area contributed by atoms with Crippen molar-refractivity contribution in [3.63, 3.8) is 0 Å². The van der Waals surface area contributed by atoms with Gasteiger partial charge in [-0.3, -0.25) is 9.59 Å². The van der Waals surface area contributed by atoms with Crippen molar-refractivity contribution in [2.75, 3.05) is 13.7 Å². The Labute approximate surface area is 138 Å². The number of carbonyl (C=O) groups excluding carboxylic acids is 2. The predicted octanol–water partition coefficient (Wildman–Crippen LogP) is 2.46. The fourth-order valence-electron chi connectivity index (χ4n) is 2.73. The molecule has 23 heavy (non-hydrogen) atoms. The van der Waals surface area contributed by atoms with Gasteiger partial charge in [-0.25, -0.2) is 0 Å². The lowest BCUT2D eigenvalue weighted by molar-refractivity contribution is -0.259. The number of esters is 2. The smallest absolute Gasteiger partial charge is 0.305 e. The fourth-order valence-corrected chi connectivity index (χ4v) is 2.73. The third-order valence-corrected chi connectivity index (χ3v) is 3.66. The van der Waals surface area contributed by atoms with Crippen LogP contribution in [0.3, 0.4) is 0 Å². The third-order valence-electron chi connectivity index (χ3n) is 3.66. The molecule has 6 nitrogen and oxygen atoms in total. The van der Waals surface area contributed by atoms with Crippen LogP contribution in [0.2, 0.25) is 0 Å². The molecule has 0 aliphatic carbocycles. The molecule has 0 aromatic heterocycles. The Morgan fingerprint density at radius 1 is 1.35 bits per heavy atom. The average molecular weight is 328 g/mol. The Bertz CT molecular complexity index is 425. The maximum atomic E-state index is 11.7. The van der Waals surface area contributed by atoms with Gasteiger partial charge in [-0.05, 0) is 26.7 Å². The number of ether oxygens (including phenoxy) is 4. The highest BCUT2D eigenvalue weighted by molar-refractivity contribution is 5.69. The summed E-state index contributed by atoms with van der Waals surface area (Å²) in [5.74, 6) is -0.820. The minimum absolute atomic E-state index is 0.0402. The van der Waals surface area contributed by atoms with E-state index in [1.807, 2.05) is 20.8 Å². The summed E-state index contributed by atoms with van der Waals surface area (Å²) < 4.78 is 21.7. The van der Waals surface area contributed by atoms with Gasteiger partial charge in [0.25, 0.3) is 0 Å². The second-order valence-corrected chi connectivity index (χ2v) is 6.73. The normalized spacial score (nSPS) is 28.0. The average Bonchev–Trinajstić information content (AvgIpc) is 2.42. The molecule has 0 N–H and O–H groups in total. The summed E-state index contributed by atoms with van der Waals surface area (Å²) in [6.45, 7) is 11.1. The van der Waals surface area contributed by atoms with Gasteiger partial charge in [0, 0.05) is 25.7 Å². The quantitative estimate of drug-likeness (QED) is 0.551. The molecule has 6 heteroatoms. The molecule has 4 atom stereocenters. The first-order chi connectivity index (χ1) is 10.7. The molecule has 1 rings (SSSR count). The molecule has 0 amide bonds. The van der Waals surface area contributed by atoms with Crippen LogP contribution in [-0.4, -0.2) is 43.7 Å². The molecule has 1 saturated heterocycles. The van der Waals surface area contributed by atoms with E-state index in [0.717, 1.165) is 0 Å². The van der Waals surface area contributed by atoms with Crippen molar-refractivity contribution in [3.05, 3.63) is 12.7 Å². The highest BCUT2D eigenvalue weighted by Gasteiger charge is 2.40. The first-order valence-corrected chi connectivity index (χ1v) is 7.82. The van der Waals surface area contributed by atoms with Gasteiger partial charge >= 0.3 is 11.9 Å². The summed E-state index contributed by atoms with van der Waals surface area (Å²) in [5, 5.41) is 0. The first kappa shape index (κ1) is 19.6. The second-order valence-electron chi connectivity index (χ2n) is 6.73. The molecule has 1 aliphatic rings. The van der Waals surface area contributed by atoms with E-state index in [0.29, 0.717) is 6.42 Å². The minimum atomic E-state index is -0.471. The number of methoxy groups -OCH3 is 1. The van der Waals surface area contributed by atoms with Crippen LogP contribution in [-0.2, 0) is 28.5 Å². The summed E-state index contributed by atoms with van der Waals surface area (Å²) in [6, 6.07) is 0. The van der Waals surface area contributed by atoms with Crippen LogP contribution in [0.4, 0.5) is 0 Å². The Balaban J connectivity index is 2.88. The zero-order valence-corrected chi connectivity index (χ0v) is 14.7. The van der Waals surface area contributed by atoms with Crippen LogP contribution in [0.15, 0.2) is 12.7 Å². The largest absolute Gasteiger partial charge is 0.469 e. The Kier molecular flexibility index (Phi) is 7.22. The zero-order chi connectivity index (χ0) is 17.6. The van der Waals surface area contributed by atoms with Gasteiger partial charge in [-0.15, -0.1) is 6.58 Å². The molecule has 1 aliphatic heterocycles. The zero-order valence-electron chi connectivity index (χ0n) is 14.7. The monoisotopic (exact) mass is 328 g/mol. The molecule has 0 aromatic rings. The first-order valence-electron chi connectivity index (χ1n) is 7.82. The van der Waals surface area contributed by atoms with E-state index in [2.05, 4.69) is 6.58 Å². The lowest BCUT2D eigenvalue weighted by Gasteiger charge is -2.42. The van der Waals surface area contributed by atoms with Crippen molar-refractivity contribution in [2.45, 2.75) is 58.5 Å². The lowest BCUT2D eigenvalue weighted by Crippen LogP contribution is -2.46. The molecule has 0 aromatic carbocycles. The molecule has 0 spiro atoms. The molecular weight excluding hydrogens is 300 g/mol. The second kappa shape index (κ2) is 8.45. The maximum Gasteiger partial charge on any atom is 0.305 e. The van der Waals surface area contributed by atoms with Crippen LogP contribution in [0.25, 0.3) is 0 Å². The van der Waals surface area contributed by atoms with Gasteiger partial charge in [0.15, 0.2) is 6.29 Å². The van der Waals surface area contributed by atoms with Crippen LogP contribution in [0.1, 0.15) is 40.5 Å². The van der Waals surface area contributed by atoms with E-state index in [1.165, 1.54) is 14.0 Å². The van der Waals surface area contributed by atoms with E-state index in [-0.39, 0.29) is 42.4 Å². The Morgan fingerprint density at radius 2 is 2.00 bits per heavy atom. The highest BCUT2D eigenvalue weighted by Crippen LogP contribution is 2.36. The van der Waals surface area contributed by atoms with Crippen LogP contribution in [0.5, 0.6) is 0 Å². The third kappa shape index (κ3) is 6.71. The molecule has 0 saturated carbocycles. The molecule has 0 bridgehead atoms. The number of rotatable bonds is 6. The fraction of sp³-hybridized carbons (Fsp3) is 0.765. The molecule has 1 fully saturated rings. The minimum Gasteiger partial charge on any atom is -0.469 e. The Morgan fingerprint density at radius 3 is 2.48 bits per heavy atom. The molecule has 0 unspecified atom stereocenters.